The van der Waals surface area contributed by atoms with Crippen LogP contribution in [0.2, 0.25) is 0 Å². The number of ether oxygens (including phenoxy) is 1. The van der Waals surface area contributed by atoms with Crippen LogP contribution < -0.4 is 10.9 Å². The summed E-state index contributed by atoms with van der Waals surface area (Å²) in [6.07, 6.45) is 5.52. The van der Waals surface area contributed by atoms with Crippen LogP contribution in [0.15, 0.2) is 23.1 Å². The normalized spacial score (nSPS) is 22.2. The van der Waals surface area contributed by atoms with Crippen molar-refractivity contribution in [1.82, 2.24) is 20.0 Å². The van der Waals surface area contributed by atoms with Gasteiger partial charge in [0.2, 0.25) is 0 Å². The maximum atomic E-state index is 12.5. The molecule has 1 saturated heterocycles. The fourth-order valence-corrected chi connectivity index (χ4v) is 3.44. The van der Waals surface area contributed by atoms with Crippen molar-refractivity contribution < 1.29 is 4.74 Å². The molecule has 1 aliphatic heterocycles. The van der Waals surface area contributed by atoms with E-state index in [-0.39, 0.29) is 17.6 Å². The minimum Gasteiger partial charge on any atom is -0.377 e. The number of hydrogen-bond donors (Lipinski definition) is 1. The summed E-state index contributed by atoms with van der Waals surface area (Å²) < 4.78 is 7.10. The van der Waals surface area contributed by atoms with Gasteiger partial charge >= 0.3 is 0 Å². The van der Waals surface area contributed by atoms with Crippen LogP contribution in [0.25, 0.3) is 0 Å². The Morgan fingerprint density at radius 2 is 2.20 bits per heavy atom. The van der Waals surface area contributed by atoms with Gasteiger partial charge in [-0.3, -0.25) is 4.79 Å². The van der Waals surface area contributed by atoms with E-state index < -0.39 is 0 Å². The number of nitriles is 1. The topological polar surface area (TPSA) is 106 Å². The van der Waals surface area contributed by atoms with Gasteiger partial charge in [0.25, 0.3) is 5.56 Å². The Balaban J connectivity index is 1.64. The highest BCUT2D eigenvalue weighted by Gasteiger charge is 2.33. The van der Waals surface area contributed by atoms with Crippen molar-refractivity contribution in [3.8, 4) is 6.07 Å². The molecule has 0 aromatic carbocycles. The average molecular weight is 338 g/mol. The Morgan fingerprint density at radius 3 is 3.08 bits per heavy atom. The molecule has 0 amide bonds. The molecule has 2 aromatic rings. The van der Waals surface area contributed by atoms with Crippen molar-refractivity contribution in [3.63, 3.8) is 0 Å². The minimum absolute atomic E-state index is 0.109. The summed E-state index contributed by atoms with van der Waals surface area (Å²) in [6, 6.07) is 4.95. The predicted octanol–water partition coefficient (Wildman–Crippen LogP) is 0.836. The Bertz CT molecular complexity index is 887. The zero-order chi connectivity index (χ0) is 17.2. The van der Waals surface area contributed by atoms with Crippen molar-refractivity contribution >= 4 is 5.82 Å². The lowest BCUT2D eigenvalue weighted by Crippen LogP contribution is -2.38. The van der Waals surface area contributed by atoms with E-state index in [0.717, 1.165) is 36.9 Å². The number of nitrogens with zero attached hydrogens (tertiary/aromatic N) is 5. The van der Waals surface area contributed by atoms with E-state index in [1.54, 1.807) is 12.1 Å². The third kappa shape index (κ3) is 2.98. The smallest absolute Gasteiger partial charge is 0.267 e. The second-order valence-electron chi connectivity index (χ2n) is 6.37. The Kier molecular flexibility index (Phi) is 4.15. The monoisotopic (exact) mass is 338 g/mol. The van der Waals surface area contributed by atoms with Gasteiger partial charge in [0.1, 0.15) is 12.1 Å². The van der Waals surface area contributed by atoms with E-state index in [9.17, 15) is 10.1 Å². The van der Waals surface area contributed by atoms with E-state index >= 15 is 0 Å². The molecular weight excluding hydrogens is 320 g/mol. The molecule has 8 heteroatoms. The van der Waals surface area contributed by atoms with Gasteiger partial charge in [0.05, 0.1) is 36.7 Å². The van der Waals surface area contributed by atoms with Gasteiger partial charge < -0.3 is 10.1 Å². The standard InChI is InChI=1S/C17H18N6O2/c18-8-12-5-6-19-21-17(12)20-14-9-25-10-15(14)23-16(24)7-11-3-1-2-4-13(11)22-23/h5-7,14-15H,1-4,9-10H2,(H,20,21). The maximum Gasteiger partial charge on any atom is 0.267 e. The number of anilines is 1. The van der Waals surface area contributed by atoms with E-state index in [0.29, 0.717) is 24.6 Å². The van der Waals surface area contributed by atoms with E-state index in [1.165, 1.54) is 10.9 Å². The molecule has 2 unspecified atom stereocenters. The van der Waals surface area contributed by atoms with E-state index in [2.05, 4.69) is 26.7 Å². The number of aryl methyl sites for hydroxylation is 2. The third-order valence-corrected chi connectivity index (χ3v) is 4.76. The average Bonchev–Trinajstić information content (AvgIpc) is 3.09. The molecule has 1 N–H and O–H groups in total. The van der Waals surface area contributed by atoms with Gasteiger partial charge in [-0.2, -0.15) is 15.5 Å². The first-order valence-corrected chi connectivity index (χ1v) is 8.44. The van der Waals surface area contributed by atoms with E-state index in [4.69, 9.17) is 4.74 Å². The van der Waals surface area contributed by atoms with Crippen LogP contribution in [0, 0.1) is 11.3 Å². The molecule has 0 spiro atoms. The summed E-state index contributed by atoms with van der Waals surface area (Å²) >= 11 is 0. The molecular formula is C17H18N6O2. The molecule has 1 fully saturated rings. The quantitative estimate of drug-likeness (QED) is 0.883. The third-order valence-electron chi connectivity index (χ3n) is 4.76. The molecule has 8 nitrogen and oxygen atoms in total. The molecule has 3 heterocycles. The summed E-state index contributed by atoms with van der Waals surface area (Å²) in [6.45, 7) is 0.808. The molecule has 0 saturated carbocycles. The highest BCUT2D eigenvalue weighted by molar-refractivity contribution is 5.51. The van der Waals surface area contributed by atoms with Gasteiger partial charge in [0.15, 0.2) is 5.82 Å². The Labute approximate surface area is 144 Å². The summed E-state index contributed by atoms with van der Waals surface area (Å²) in [7, 11) is 0. The van der Waals surface area contributed by atoms with E-state index in [1.807, 2.05) is 0 Å². The lowest BCUT2D eigenvalue weighted by Gasteiger charge is -2.23. The summed E-state index contributed by atoms with van der Waals surface area (Å²) in [5, 5.41) is 24.8. The molecule has 1 aliphatic carbocycles. The van der Waals surface area contributed by atoms with Crippen LogP contribution in [-0.2, 0) is 17.6 Å². The number of hydrogen-bond acceptors (Lipinski definition) is 7. The fraction of sp³-hybridized carbons (Fsp3) is 0.471. The summed E-state index contributed by atoms with van der Waals surface area (Å²) in [5.74, 6) is 0.400. The zero-order valence-corrected chi connectivity index (χ0v) is 13.7. The molecule has 0 radical (unpaired) electrons. The highest BCUT2D eigenvalue weighted by atomic mass is 16.5. The van der Waals surface area contributed by atoms with Crippen LogP contribution in [0.3, 0.4) is 0 Å². The lowest BCUT2D eigenvalue weighted by molar-refractivity contribution is 0.182. The molecule has 2 aliphatic rings. The molecule has 128 valence electrons. The first-order chi connectivity index (χ1) is 12.3. The van der Waals surface area contributed by atoms with Gasteiger partial charge in [-0.15, -0.1) is 5.10 Å². The molecule has 2 aromatic heterocycles. The van der Waals surface area contributed by atoms with Crippen LogP contribution in [0.5, 0.6) is 0 Å². The van der Waals surface area contributed by atoms with Crippen molar-refractivity contribution in [2.45, 2.75) is 37.8 Å². The van der Waals surface area contributed by atoms with Crippen LogP contribution >= 0.6 is 0 Å². The molecule has 25 heavy (non-hydrogen) atoms. The van der Waals surface area contributed by atoms with Crippen LogP contribution in [0.1, 0.15) is 35.7 Å². The number of fused-ring (bicyclic) bond motifs is 1. The van der Waals surface area contributed by atoms with Gasteiger partial charge in [0, 0.05) is 6.07 Å². The number of nitrogens with one attached hydrogen (secondary N) is 1. The predicted molar refractivity (Wildman–Crippen MR) is 89.2 cm³/mol. The SMILES string of the molecule is N#Cc1ccnnc1NC1COCC1n1nc2c(cc1=O)CCCC2. The second kappa shape index (κ2) is 6.61. The largest absolute Gasteiger partial charge is 0.377 e. The first kappa shape index (κ1) is 15.7. The van der Waals surface area contributed by atoms with Crippen molar-refractivity contribution in [3.05, 3.63) is 45.5 Å². The molecule has 2 atom stereocenters. The van der Waals surface area contributed by atoms with Gasteiger partial charge in [-0.1, -0.05) is 0 Å². The van der Waals surface area contributed by atoms with Crippen LogP contribution in [0.4, 0.5) is 5.82 Å². The second-order valence-corrected chi connectivity index (χ2v) is 6.37. The van der Waals surface area contributed by atoms with Crippen LogP contribution in [-0.4, -0.2) is 39.2 Å². The Hall–Kier alpha value is -2.79. The summed E-state index contributed by atoms with van der Waals surface area (Å²) in [4.78, 5) is 12.5. The van der Waals surface area contributed by atoms with Crippen molar-refractivity contribution in [1.29, 1.82) is 5.26 Å². The summed E-state index contributed by atoms with van der Waals surface area (Å²) in [5.41, 5.74) is 2.37. The highest BCUT2D eigenvalue weighted by Crippen LogP contribution is 2.24. The maximum absolute atomic E-state index is 12.5. The lowest BCUT2D eigenvalue weighted by atomic mass is 9.97. The fourth-order valence-electron chi connectivity index (χ4n) is 3.44. The first-order valence-electron chi connectivity index (χ1n) is 8.44. The Morgan fingerprint density at radius 1 is 1.32 bits per heavy atom. The van der Waals surface area contributed by atoms with Gasteiger partial charge in [-0.25, -0.2) is 4.68 Å². The molecule has 0 bridgehead atoms. The van der Waals surface area contributed by atoms with Crippen molar-refractivity contribution in [2.75, 3.05) is 18.5 Å². The number of rotatable bonds is 3. The zero-order valence-electron chi connectivity index (χ0n) is 13.7. The van der Waals surface area contributed by atoms with Crippen molar-refractivity contribution in [2.24, 2.45) is 0 Å². The molecule has 4 rings (SSSR count). The van der Waals surface area contributed by atoms with Gasteiger partial charge in [-0.05, 0) is 37.3 Å². The minimum atomic E-state index is -0.242. The number of aromatic nitrogens is 4.